The lowest BCUT2D eigenvalue weighted by atomic mass is 9.94. The third-order valence-corrected chi connectivity index (χ3v) is 8.63. The van der Waals surface area contributed by atoms with Crippen molar-refractivity contribution in [1.82, 2.24) is 18.8 Å². The number of halogens is 2. The van der Waals surface area contributed by atoms with Crippen LogP contribution in [0.1, 0.15) is 56.6 Å². The maximum Gasteiger partial charge on any atom is 0.269 e. The van der Waals surface area contributed by atoms with Gasteiger partial charge in [0.25, 0.3) is 12.0 Å². The first kappa shape index (κ1) is 21.7. The minimum atomic E-state index is -3.21. The summed E-state index contributed by atoms with van der Waals surface area (Å²) in [6.07, 6.45) is 5.06. The Bertz CT molecular complexity index is 1190. The number of rotatable bonds is 5. The molecule has 0 radical (unpaired) electrons. The molecule has 0 amide bonds. The normalized spacial score (nSPS) is 26.9. The largest absolute Gasteiger partial charge is 0.351 e. The highest BCUT2D eigenvalue weighted by molar-refractivity contribution is 7.88. The number of aromatic nitrogens is 3. The number of sulfonamides is 1. The SMILES string of the molecule is CS(=O)(=O)N1CCC(Nc2ncc3cc(C(F)F)c(=O)n([C@@H]4C[C@H]5CC[C@@H]4C5)c3n2)CC1. The zero-order valence-corrected chi connectivity index (χ0v) is 18.7. The van der Waals surface area contributed by atoms with Gasteiger partial charge < -0.3 is 5.32 Å². The lowest BCUT2D eigenvalue weighted by molar-refractivity contribution is 0.148. The predicted octanol–water partition coefficient (Wildman–Crippen LogP) is 2.93. The standard InChI is InChI=1S/C21H27F2N5O3S/c1-32(30,31)27-6-4-15(5-7-27)25-21-24-11-14-10-16(18(22)23)20(29)28(19(14)26-21)17-9-12-2-3-13(17)8-12/h10-13,15,17-18H,2-9H2,1H3,(H,24,25,26)/t12-,13+,17+/m0/s1. The molecule has 2 aromatic heterocycles. The third kappa shape index (κ3) is 3.89. The van der Waals surface area contributed by atoms with Crippen LogP contribution in [0.25, 0.3) is 11.0 Å². The number of nitrogens with zero attached hydrogens (tertiary/aromatic N) is 4. The smallest absolute Gasteiger partial charge is 0.269 e. The van der Waals surface area contributed by atoms with Crippen molar-refractivity contribution in [3.05, 3.63) is 28.2 Å². The lowest BCUT2D eigenvalue weighted by Gasteiger charge is -2.30. The van der Waals surface area contributed by atoms with E-state index in [0.717, 1.165) is 25.7 Å². The molecule has 2 aliphatic carbocycles. The van der Waals surface area contributed by atoms with Gasteiger partial charge in [0.1, 0.15) is 5.65 Å². The number of piperidine rings is 1. The highest BCUT2D eigenvalue weighted by Crippen LogP contribution is 2.50. The second-order valence-corrected chi connectivity index (χ2v) is 11.4. The van der Waals surface area contributed by atoms with E-state index in [0.29, 0.717) is 54.7 Å². The van der Waals surface area contributed by atoms with Gasteiger partial charge in [0.2, 0.25) is 16.0 Å². The van der Waals surface area contributed by atoms with E-state index in [1.165, 1.54) is 27.4 Å². The van der Waals surface area contributed by atoms with Gasteiger partial charge in [-0.2, -0.15) is 4.98 Å². The van der Waals surface area contributed by atoms with E-state index >= 15 is 0 Å². The molecule has 2 bridgehead atoms. The van der Waals surface area contributed by atoms with E-state index in [4.69, 9.17) is 0 Å². The second-order valence-electron chi connectivity index (χ2n) is 9.37. The highest BCUT2D eigenvalue weighted by Gasteiger charge is 2.42. The fourth-order valence-corrected chi connectivity index (χ4v) is 6.59. The molecule has 3 aliphatic rings. The molecule has 1 aliphatic heterocycles. The van der Waals surface area contributed by atoms with Crippen molar-refractivity contribution in [2.75, 3.05) is 24.7 Å². The first-order valence-corrected chi connectivity index (χ1v) is 13.0. The molecule has 3 heterocycles. The Morgan fingerprint density at radius 1 is 1.16 bits per heavy atom. The molecule has 8 nitrogen and oxygen atoms in total. The van der Waals surface area contributed by atoms with Crippen LogP contribution in [0.5, 0.6) is 0 Å². The Balaban J connectivity index is 1.47. The Labute approximate surface area is 185 Å². The summed E-state index contributed by atoms with van der Waals surface area (Å²) >= 11 is 0. The van der Waals surface area contributed by atoms with Gasteiger partial charge in [-0.1, -0.05) is 6.42 Å². The molecular formula is C21H27F2N5O3S. The van der Waals surface area contributed by atoms with Gasteiger partial charge in [-0.3, -0.25) is 9.36 Å². The van der Waals surface area contributed by atoms with Crippen LogP contribution in [0, 0.1) is 11.8 Å². The molecule has 11 heteroatoms. The predicted molar refractivity (Wildman–Crippen MR) is 116 cm³/mol. The van der Waals surface area contributed by atoms with Crippen LogP contribution in [-0.4, -0.2) is 52.6 Å². The van der Waals surface area contributed by atoms with Gasteiger partial charge in [0, 0.05) is 36.8 Å². The maximum absolute atomic E-state index is 13.6. The van der Waals surface area contributed by atoms with Gasteiger partial charge in [-0.15, -0.1) is 0 Å². The van der Waals surface area contributed by atoms with Crippen LogP contribution < -0.4 is 10.9 Å². The van der Waals surface area contributed by atoms with Crippen molar-refractivity contribution in [3.63, 3.8) is 0 Å². The first-order chi connectivity index (χ1) is 15.2. The fraction of sp³-hybridized carbons (Fsp3) is 0.667. The van der Waals surface area contributed by atoms with Crippen molar-refractivity contribution in [2.45, 2.75) is 57.0 Å². The topological polar surface area (TPSA) is 97.2 Å². The summed E-state index contributed by atoms with van der Waals surface area (Å²) in [5.41, 5.74) is -0.767. The average molecular weight is 468 g/mol. The van der Waals surface area contributed by atoms with E-state index in [1.807, 2.05) is 0 Å². The molecule has 0 aromatic carbocycles. The Kier molecular flexibility index (Phi) is 5.43. The summed E-state index contributed by atoms with van der Waals surface area (Å²) in [6.45, 7) is 0.829. The average Bonchev–Trinajstić information content (AvgIpc) is 3.36. The summed E-state index contributed by atoms with van der Waals surface area (Å²) in [5.74, 6) is 1.19. The van der Waals surface area contributed by atoms with Gasteiger partial charge in [0.05, 0.1) is 11.8 Å². The van der Waals surface area contributed by atoms with Crippen molar-refractivity contribution in [2.24, 2.45) is 11.8 Å². The summed E-state index contributed by atoms with van der Waals surface area (Å²) in [4.78, 5) is 21.9. The molecule has 174 valence electrons. The molecule has 2 aromatic rings. The number of anilines is 1. The van der Waals surface area contributed by atoms with E-state index in [9.17, 15) is 22.0 Å². The number of hydrogen-bond acceptors (Lipinski definition) is 6. The summed E-state index contributed by atoms with van der Waals surface area (Å²) in [5, 5.41) is 3.68. The van der Waals surface area contributed by atoms with Crippen LogP contribution >= 0.6 is 0 Å². The van der Waals surface area contributed by atoms with Crippen LogP contribution in [-0.2, 0) is 10.0 Å². The number of hydrogen-bond donors (Lipinski definition) is 1. The number of pyridine rings is 1. The van der Waals surface area contributed by atoms with Crippen molar-refractivity contribution < 1.29 is 17.2 Å². The monoisotopic (exact) mass is 467 g/mol. The molecule has 3 atom stereocenters. The minimum Gasteiger partial charge on any atom is -0.351 e. The van der Waals surface area contributed by atoms with Crippen LogP contribution in [0.2, 0.25) is 0 Å². The van der Waals surface area contributed by atoms with Crippen LogP contribution in [0.3, 0.4) is 0 Å². The van der Waals surface area contributed by atoms with E-state index in [-0.39, 0.29) is 12.1 Å². The van der Waals surface area contributed by atoms with E-state index in [1.54, 1.807) is 0 Å². The Hall–Kier alpha value is -2.14. The van der Waals surface area contributed by atoms with Crippen LogP contribution in [0.4, 0.5) is 14.7 Å². The van der Waals surface area contributed by atoms with Crippen molar-refractivity contribution in [3.8, 4) is 0 Å². The molecule has 2 saturated carbocycles. The van der Waals surface area contributed by atoms with Gasteiger partial charge in [-0.05, 0) is 50.0 Å². The third-order valence-electron chi connectivity index (χ3n) is 7.32. The van der Waals surface area contributed by atoms with E-state index in [2.05, 4.69) is 15.3 Å². The summed E-state index contributed by atoms with van der Waals surface area (Å²) < 4.78 is 53.6. The zero-order valence-electron chi connectivity index (χ0n) is 17.9. The second kappa shape index (κ2) is 8.02. The number of fused-ring (bicyclic) bond motifs is 3. The Morgan fingerprint density at radius 2 is 1.91 bits per heavy atom. The van der Waals surface area contributed by atoms with Gasteiger partial charge >= 0.3 is 0 Å². The first-order valence-electron chi connectivity index (χ1n) is 11.1. The molecular weight excluding hydrogens is 440 g/mol. The molecule has 5 rings (SSSR count). The maximum atomic E-state index is 13.6. The van der Waals surface area contributed by atoms with Crippen molar-refractivity contribution >= 4 is 27.0 Å². The molecule has 0 unspecified atom stereocenters. The van der Waals surface area contributed by atoms with E-state index < -0.39 is 27.6 Å². The summed E-state index contributed by atoms with van der Waals surface area (Å²) in [7, 11) is -3.21. The lowest BCUT2D eigenvalue weighted by Crippen LogP contribution is -2.42. The number of nitrogens with one attached hydrogen (secondary N) is 1. The molecule has 32 heavy (non-hydrogen) atoms. The van der Waals surface area contributed by atoms with Crippen LogP contribution in [0.15, 0.2) is 17.1 Å². The Morgan fingerprint density at radius 3 is 2.50 bits per heavy atom. The molecule has 1 saturated heterocycles. The summed E-state index contributed by atoms with van der Waals surface area (Å²) in [6, 6.07) is 1.09. The minimum absolute atomic E-state index is 0.00606. The van der Waals surface area contributed by atoms with Gasteiger partial charge in [-0.25, -0.2) is 26.5 Å². The molecule has 0 spiro atoms. The molecule has 1 N–H and O–H groups in total. The fourth-order valence-electron chi connectivity index (χ4n) is 5.72. The molecule has 3 fully saturated rings. The van der Waals surface area contributed by atoms with Crippen molar-refractivity contribution in [1.29, 1.82) is 0 Å². The highest BCUT2D eigenvalue weighted by atomic mass is 32.2. The quantitative estimate of drug-likeness (QED) is 0.726. The number of alkyl halides is 2. The zero-order chi connectivity index (χ0) is 22.6. The van der Waals surface area contributed by atoms with Gasteiger partial charge in [0.15, 0.2) is 0 Å².